The topological polar surface area (TPSA) is 58.2 Å². The first-order chi connectivity index (χ1) is 15.2. The summed E-state index contributed by atoms with van der Waals surface area (Å²) in [6.07, 6.45) is -0.409. The molecule has 0 saturated heterocycles. The highest BCUT2D eigenvalue weighted by atomic mass is 79.9. The molecule has 164 valence electrons. The van der Waals surface area contributed by atoms with E-state index in [0.717, 1.165) is 27.0 Å². The van der Waals surface area contributed by atoms with Gasteiger partial charge in [-0.15, -0.1) is 0 Å². The van der Waals surface area contributed by atoms with Gasteiger partial charge in [0.25, 0.3) is 5.56 Å². The molecular weight excluding hydrogens is 470 g/mol. The summed E-state index contributed by atoms with van der Waals surface area (Å²) in [5, 5.41) is 0.538. The molecule has 32 heavy (non-hydrogen) atoms. The molecule has 0 N–H and O–H groups in total. The third-order valence-electron chi connectivity index (χ3n) is 6.29. The first-order valence-corrected chi connectivity index (χ1v) is 11.3. The Morgan fingerprint density at radius 3 is 2.28 bits per heavy atom. The number of aryl methyl sites for hydroxylation is 1. The molecule has 5 rings (SSSR count). The number of rotatable bonds is 2. The highest BCUT2D eigenvalue weighted by Crippen LogP contribution is 2.45. The van der Waals surface area contributed by atoms with E-state index < -0.39 is 11.6 Å². The van der Waals surface area contributed by atoms with Gasteiger partial charge in [0, 0.05) is 18.6 Å². The lowest BCUT2D eigenvalue weighted by Crippen LogP contribution is -2.40. The SMILES string of the molecule is Cn1c(=O)c2c(-c3ccccc3)n3c(c2n(C)c1=O)C(c1ccc(Br)cc1)OCC3(C)C. The fourth-order valence-corrected chi connectivity index (χ4v) is 5.02. The van der Waals surface area contributed by atoms with Gasteiger partial charge in [0.2, 0.25) is 0 Å². The van der Waals surface area contributed by atoms with E-state index in [1.54, 1.807) is 11.6 Å². The molecule has 1 aliphatic rings. The van der Waals surface area contributed by atoms with Crippen LogP contribution in [0.3, 0.4) is 0 Å². The van der Waals surface area contributed by atoms with Crippen molar-refractivity contribution in [1.29, 1.82) is 0 Å². The third-order valence-corrected chi connectivity index (χ3v) is 6.81. The van der Waals surface area contributed by atoms with Crippen molar-refractivity contribution in [3.8, 4) is 11.3 Å². The van der Waals surface area contributed by atoms with Crippen LogP contribution >= 0.6 is 15.9 Å². The molecule has 0 bridgehead atoms. The summed E-state index contributed by atoms with van der Waals surface area (Å²) in [5.74, 6) is 0. The third kappa shape index (κ3) is 2.95. The monoisotopic (exact) mass is 493 g/mol. The van der Waals surface area contributed by atoms with Crippen LogP contribution in [0.25, 0.3) is 22.2 Å². The number of nitrogens with zero attached hydrogens (tertiary/aromatic N) is 3. The van der Waals surface area contributed by atoms with E-state index in [4.69, 9.17) is 4.74 Å². The number of fused-ring (bicyclic) bond motifs is 3. The van der Waals surface area contributed by atoms with Gasteiger partial charge in [-0.2, -0.15) is 0 Å². The van der Waals surface area contributed by atoms with Gasteiger partial charge in [-0.05, 0) is 37.1 Å². The zero-order valence-electron chi connectivity index (χ0n) is 18.4. The molecule has 0 saturated carbocycles. The molecule has 0 fully saturated rings. The maximum Gasteiger partial charge on any atom is 0.331 e. The van der Waals surface area contributed by atoms with E-state index in [9.17, 15) is 9.59 Å². The molecule has 0 radical (unpaired) electrons. The number of halogens is 1. The van der Waals surface area contributed by atoms with Gasteiger partial charge in [-0.25, -0.2) is 4.79 Å². The molecule has 7 heteroatoms. The lowest BCUT2D eigenvalue weighted by molar-refractivity contribution is -0.00707. The first kappa shape index (κ1) is 21.0. The maximum atomic E-state index is 13.5. The largest absolute Gasteiger partial charge is 0.365 e. The number of ether oxygens (including phenoxy) is 1. The standard InChI is InChI=1S/C25H24BrN3O3/c1-25(2)14-32-22(16-10-12-17(26)13-11-16)21-20-18(23(30)28(4)24(31)27(20)3)19(29(21)25)15-8-6-5-7-9-15/h5-13,22H,14H2,1-4H3. The average Bonchev–Trinajstić information content (AvgIpc) is 3.15. The van der Waals surface area contributed by atoms with Crippen LogP contribution < -0.4 is 11.2 Å². The second kappa shape index (κ2) is 7.32. The molecule has 2 aromatic carbocycles. The molecule has 0 amide bonds. The Balaban J connectivity index is 2.01. The van der Waals surface area contributed by atoms with Crippen LogP contribution in [0.5, 0.6) is 0 Å². The number of hydrogen-bond donors (Lipinski definition) is 0. The summed E-state index contributed by atoms with van der Waals surface area (Å²) in [6.45, 7) is 4.67. The van der Waals surface area contributed by atoms with Crippen molar-refractivity contribution in [2.24, 2.45) is 14.1 Å². The molecule has 1 aliphatic heterocycles. The summed E-state index contributed by atoms with van der Waals surface area (Å²) in [4.78, 5) is 26.5. The average molecular weight is 494 g/mol. The predicted octanol–water partition coefficient (Wildman–Crippen LogP) is 4.32. The van der Waals surface area contributed by atoms with Crippen LogP contribution in [-0.2, 0) is 24.4 Å². The summed E-state index contributed by atoms with van der Waals surface area (Å²) in [6, 6.07) is 17.9. The fourth-order valence-electron chi connectivity index (χ4n) is 4.76. The maximum absolute atomic E-state index is 13.5. The van der Waals surface area contributed by atoms with Gasteiger partial charge in [-0.3, -0.25) is 13.9 Å². The number of aromatic nitrogens is 3. The van der Waals surface area contributed by atoms with Crippen molar-refractivity contribution in [3.63, 3.8) is 0 Å². The van der Waals surface area contributed by atoms with E-state index >= 15 is 0 Å². The van der Waals surface area contributed by atoms with Crippen LogP contribution in [0.4, 0.5) is 0 Å². The zero-order chi connectivity index (χ0) is 22.8. The molecule has 1 atom stereocenters. The van der Waals surface area contributed by atoms with E-state index in [1.807, 2.05) is 54.6 Å². The molecular formula is C25H24BrN3O3. The van der Waals surface area contributed by atoms with Crippen LogP contribution in [-0.4, -0.2) is 20.3 Å². The second-order valence-electron chi connectivity index (χ2n) is 8.92. The van der Waals surface area contributed by atoms with Crippen LogP contribution in [0.2, 0.25) is 0 Å². The normalized spacial score (nSPS) is 17.5. The molecule has 4 aromatic rings. The van der Waals surface area contributed by atoms with Gasteiger partial charge >= 0.3 is 5.69 Å². The second-order valence-corrected chi connectivity index (χ2v) is 9.84. The minimum Gasteiger partial charge on any atom is -0.365 e. The molecule has 2 aromatic heterocycles. The quantitative estimate of drug-likeness (QED) is 0.417. The van der Waals surface area contributed by atoms with E-state index in [-0.39, 0.29) is 11.2 Å². The van der Waals surface area contributed by atoms with Gasteiger partial charge < -0.3 is 9.30 Å². The summed E-state index contributed by atoms with van der Waals surface area (Å²) < 4.78 is 12.4. The Labute approximate surface area is 193 Å². The first-order valence-electron chi connectivity index (χ1n) is 10.5. The summed E-state index contributed by atoms with van der Waals surface area (Å²) >= 11 is 3.50. The highest BCUT2D eigenvalue weighted by Gasteiger charge is 2.40. The molecule has 3 heterocycles. The predicted molar refractivity (Wildman–Crippen MR) is 129 cm³/mol. The van der Waals surface area contributed by atoms with Crippen molar-refractivity contribution in [3.05, 3.63) is 91.2 Å². The number of hydrogen-bond acceptors (Lipinski definition) is 3. The Morgan fingerprint density at radius 2 is 1.62 bits per heavy atom. The summed E-state index contributed by atoms with van der Waals surface area (Å²) in [7, 11) is 3.25. The molecule has 0 aliphatic carbocycles. The Hall–Kier alpha value is -2.90. The van der Waals surface area contributed by atoms with Gasteiger partial charge in [0.1, 0.15) is 6.10 Å². The van der Waals surface area contributed by atoms with Gasteiger partial charge in [0.05, 0.1) is 34.4 Å². The van der Waals surface area contributed by atoms with Crippen molar-refractivity contribution in [1.82, 2.24) is 13.7 Å². The summed E-state index contributed by atoms with van der Waals surface area (Å²) in [5.41, 5.74) is 3.10. The Morgan fingerprint density at radius 1 is 0.969 bits per heavy atom. The van der Waals surface area contributed by atoms with Crippen molar-refractivity contribution in [2.75, 3.05) is 6.61 Å². The van der Waals surface area contributed by atoms with E-state index in [1.165, 1.54) is 11.6 Å². The Kier molecular flexibility index (Phi) is 4.80. The van der Waals surface area contributed by atoms with Crippen LogP contribution in [0, 0.1) is 0 Å². The zero-order valence-corrected chi connectivity index (χ0v) is 20.0. The molecule has 6 nitrogen and oxygen atoms in total. The van der Waals surface area contributed by atoms with Crippen molar-refractivity contribution >= 4 is 26.8 Å². The number of benzene rings is 2. The fraction of sp³-hybridized carbons (Fsp3) is 0.280. The molecule has 0 spiro atoms. The minimum absolute atomic E-state index is 0.297. The van der Waals surface area contributed by atoms with Crippen LogP contribution in [0.1, 0.15) is 31.2 Å². The van der Waals surface area contributed by atoms with E-state index in [0.29, 0.717) is 17.5 Å². The molecule has 1 unspecified atom stereocenters. The van der Waals surface area contributed by atoms with Crippen molar-refractivity contribution in [2.45, 2.75) is 25.5 Å². The smallest absolute Gasteiger partial charge is 0.331 e. The highest BCUT2D eigenvalue weighted by molar-refractivity contribution is 9.10. The van der Waals surface area contributed by atoms with Gasteiger partial charge in [-0.1, -0.05) is 58.4 Å². The van der Waals surface area contributed by atoms with Gasteiger partial charge in [0.15, 0.2) is 0 Å². The Bertz CT molecular complexity index is 1460. The van der Waals surface area contributed by atoms with Crippen molar-refractivity contribution < 1.29 is 4.74 Å². The van der Waals surface area contributed by atoms with Crippen LogP contribution in [0.15, 0.2) is 68.7 Å². The van der Waals surface area contributed by atoms with E-state index in [2.05, 4.69) is 34.3 Å². The lowest BCUT2D eigenvalue weighted by Gasteiger charge is -2.39. The lowest BCUT2D eigenvalue weighted by atomic mass is 9.98. The minimum atomic E-state index is -0.424.